The SMILES string of the molecule is CN=C(NCCCc1nnc2n1CCCCC2)NCCC(C)C. The van der Waals surface area contributed by atoms with Gasteiger partial charge < -0.3 is 15.2 Å². The summed E-state index contributed by atoms with van der Waals surface area (Å²) in [6.07, 6.45) is 8.07. The Morgan fingerprint density at radius 3 is 2.78 bits per heavy atom. The summed E-state index contributed by atoms with van der Waals surface area (Å²) in [4.78, 5) is 4.26. The Bertz CT molecular complexity index is 491. The van der Waals surface area contributed by atoms with Crippen molar-refractivity contribution in [3.63, 3.8) is 0 Å². The molecule has 0 spiro atoms. The van der Waals surface area contributed by atoms with Crippen molar-refractivity contribution in [2.75, 3.05) is 20.1 Å². The summed E-state index contributed by atoms with van der Waals surface area (Å²) in [5.74, 6) is 3.93. The molecular formula is C17H32N6. The average molecular weight is 320 g/mol. The van der Waals surface area contributed by atoms with Gasteiger partial charge in [-0.15, -0.1) is 10.2 Å². The maximum atomic E-state index is 4.38. The lowest BCUT2D eigenvalue weighted by Gasteiger charge is -2.13. The second-order valence-electron chi connectivity index (χ2n) is 6.71. The number of aromatic nitrogens is 3. The Balaban J connectivity index is 1.69. The van der Waals surface area contributed by atoms with Crippen LogP contribution < -0.4 is 10.6 Å². The third-order valence-electron chi connectivity index (χ3n) is 4.29. The van der Waals surface area contributed by atoms with Crippen molar-refractivity contribution in [2.45, 2.75) is 65.3 Å². The first kappa shape index (κ1) is 17.8. The van der Waals surface area contributed by atoms with Gasteiger partial charge in [0.15, 0.2) is 5.96 Å². The molecule has 0 radical (unpaired) electrons. The lowest BCUT2D eigenvalue weighted by Crippen LogP contribution is -2.38. The number of aliphatic imine (C=N–C) groups is 1. The van der Waals surface area contributed by atoms with Crippen LogP contribution in [0.25, 0.3) is 0 Å². The number of fused-ring (bicyclic) bond motifs is 1. The van der Waals surface area contributed by atoms with Crippen molar-refractivity contribution in [1.29, 1.82) is 0 Å². The van der Waals surface area contributed by atoms with E-state index in [-0.39, 0.29) is 0 Å². The predicted octanol–water partition coefficient (Wildman–Crippen LogP) is 2.15. The summed E-state index contributed by atoms with van der Waals surface area (Å²) in [7, 11) is 1.82. The van der Waals surface area contributed by atoms with Gasteiger partial charge in [-0.2, -0.15) is 0 Å². The Kier molecular flexibility index (Phi) is 7.36. The molecule has 0 fully saturated rings. The molecule has 23 heavy (non-hydrogen) atoms. The van der Waals surface area contributed by atoms with Gasteiger partial charge in [-0.25, -0.2) is 0 Å². The molecule has 0 saturated carbocycles. The molecule has 0 aliphatic carbocycles. The van der Waals surface area contributed by atoms with E-state index in [0.29, 0.717) is 5.92 Å². The van der Waals surface area contributed by atoms with Gasteiger partial charge in [0.25, 0.3) is 0 Å². The number of aryl methyl sites for hydroxylation is 2. The van der Waals surface area contributed by atoms with E-state index < -0.39 is 0 Å². The van der Waals surface area contributed by atoms with Crippen LogP contribution in [0.2, 0.25) is 0 Å². The van der Waals surface area contributed by atoms with Crippen LogP contribution in [-0.4, -0.2) is 40.9 Å². The predicted molar refractivity (Wildman–Crippen MR) is 94.7 cm³/mol. The molecule has 1 aromatic heterocycles. The molecule has 0 saturated heterocycles. The van der Waals surface area contributed by atoms with Gasteiger partial charge in [-0.05, 0) is 31.6 Å². The Labute approximate surface area is 140 Å². The summed E-state index contributed by atoms with van der Waals surface area (Å²) in [6.45, 7) is 7.43. The third kappa shape index (κ3) is 5.84. The fraction of sp³-hybridized carbons (Fsp3) is 0.824. The Morgan fingerprint density at radius 2 is 2.00 bits per heavy atom. The highest BCUT2D eigenvalue weighted by molar-refractivity contribution is 5.79. The van der Waals surface area contributed by atoms with Crippen LogP contribution in [-0.2, 0) is 19.4 Å². The summed E-state index contributed by atoms with van der Waals surface area (Å²) >= 11 is 0. The number of nitrogens with one attached hydrogen (secondary N) is 2. The number of rotatable bonds is 7. The first-order valence-electron chi connectivity index (χ1n) is 9.06. The second kappa shape index (κ2) is 9.53. The zero-order valence-electron chi connectivity index (χ0n) is 14.9. The van der Waals surface area contributed by atoms with Crippen LogP contribution in [0.5, 0.6) is 0 Å². The highest BCUT2D eigenvalue weighted by Crippen LogP contribution is 2.15. The number of hydrogen-bond donors (Lipinski definition) is 2. The van der Waals surface area contributed by atoms with Crippen molar-refractivity contribution >= 4 is 5.96 Å². The van der Waals surface area contributed by atoms with E-state index in [1.165, 1.54) is 25.1 Å². The zero-order chi connectivity index (χ0) is 16.5. The standard InChI is InChI=1S/C17H32N6/c1-14(2)10-12-20-17(18-3)19-11-7-9-16-22-21-15-8-5-4-6-13-23(15)16/h14H,4-13H2,1-3H3,(H2,18,19,20). The van der Waals surface area contributed by atoms with E-state index in [4.69, 9.17) is 0 Å². The molecule has 1 aliphatic heterocycles. The van der Waals surface area contributed by atoms with Crippen molar-refractivity contribution in [3.05, 3.63) is 11.6 Å². The molecule has 0 aromatic carbocycles. The topological polar surface area (TPSA) is 67.1 Å². The minimum atomic E-state index is 0.712. The van der Waals surface area contributed by atoms with Crippen LogP contribution in [0, 0.1) is 5.92 Å². The molecule has 130 valence electrons. The summed E-state index contributed by atoms with van der Waals surface area (Å²) < 4.78 is 2.34. The van der Waals surface area contributed by atoms with E-state index in [1.54, 1.807) is 0 Å². The maximum Gasteiger partial charge on any atom is 0.190 e. The van der Waals surface area contributed by atoms with Crippen LogP contribution in [0.4, 0.5) is 0 Å². The normalized spacial score (nSPS) is 15.4. The molecule has 2 N–H and O–H groups in total. The Hall–Kier alpha value is -1.59. The van der Waals surface area contributed by atoms with Crippen LogP contribution in [0.3, 0.4) is 0 Å². The molecule has 2 rings (SSSR count). The minimum Gasteiger partial charge on any atom is -0.356 e. The van der Waals surface area contributed by atoms with Gasteiger partial charge >= 0.3 is 0 Å². The van der Waals surface area contributed by atoms with Gasteiger partial charge in [0, 0.05) is 39.5 Å². The first-order chi connectivity index (χ1) is 11.2. The molecule has 0 unspecified atom stereocenters. The highest BCUT2D eigenvalue weighted by Gasteiger charge is 2.14. The van der Waals surface area contributed by atoms with Crippen molar-refractivity contribution < 1.29 is 0 Å². The van der Waals surface area contributed by atoms with Crippen molar-refractivity contribution in [3.8, 4) is 0 Å². The molecule has 0 amide bonds. The van der Waals surface area contributed by atoms with Crippen molar-refractivity contribution in [1.82, 2.24) is 25.4 Å². The van der Waals surface area contributed by atoms with E-state index in [1.807, 2.05) is 7.05 Å². The van der Waals surface area contributed by atoms with Crippen LogP contribution in [0.1, 0.15) is 57.6 Å². The lowest BCUT2D eigenvalue weighted by atomic mass is 10.1. The smallest absolute Gasteiger partial charge is 0.190 e. The maximum absolute atomic E-state index is 4.38. The van der Waals surface area contributed by atoms with Crippen LogP contribution >= 0.6 is 0 Å². The average Bonchev–Trinajstić information content (AvgIpc) is 2.76. The van der Waals surface area contributed by atoms with Gasteiger partial charge in [0.2, 0.25) is 0 Å². The largest absolute Gasteiger partial charge is 0.356 e. The number of hydrogen-bond acceptors (Lipinski definition) is 3. The molecule has 6 heteroatoms. The highest BCUT2D eigenvalue weighted by atomic mass is 15.3. The molecule has 1 aliphatic rings. The Morgan fingerprint density at radius 1 is 1.17 bits per heavy atom. The quantitative estimate of drug-likeness (QED) is 0.459. The molecule has 0 atom stereocenters. The van der Waals surface area contributed by atoms with Gasteiger partial charge in [-0.3, -0.25) is 4.99 Å². The zero-order valence-corrected chi connectivity index (χ0v) is 14.9. The van der Waals surface area contributed by atoms with Gasteiger partial charge in [0.05, 0.1) is 0 Å². The fourth-order valence-electron chi connectivity index (χ4n) is 2.88. The van der Waals surface area contributed by atoms with E-state index >= 15 is 0 Å². The van der Waals surface area contributed by atoms with Crippen molar-refractivity contribution in [2.24, 2.45) is 10.9 Å². The summed E-state index contributed by atoms with van der Waals surface area (Å²) in [5, 5.41) is 15.5. The lowest BCUT2D eigenvalue weighted by molar-refractivity contribution is 0.571. The molecule has 6 nitrogen and oxygen atoms in total. The first-order valence-corrected chi connectivity index (χ1v) is 9.06. The second-order valence-corrected chi connectivity index (χ2v) is 6.71. The van der Waals surface area contributed by atoms with Gasteiger partial charge in [0.1, 0.15) is 11.6 Å². The van der Waals surface area contributed by atoms with E-state index in [9.17, 15) is 0 Å². The monoisotopic (exact) mass is 320 g/mol. The third-order valence-corrected chi connectivity index (χ3v) is 4.29. The number of guanidine groups is 1. The van der Waals surface area contributed by atoms with Gasteiger partial charge in [-0.1, -0.05) is 20.3 Å². The molecular weight excluding hydrogens is 288 g/mol. The summed E-state index contributed by atoms with van der Waals surface area (Å²) in [6, 6.07) is 0. The molecule has 2 heterocycles. The summed E-state index contributed by atoms with van der Waals surface area (Å²) in [5.41, 5.74) is 0. The van der Waals surface area contributed by atoms with E-state index in [0.717, 1.165) is 57.1 Å². The van der Waals surface area contributed by atoms with E-state index in [2.05, 4.69) is 44.2 Å². The fourth-order valence-corrected chi connectivity index (χ4v) is 2.88. The van der Waals surface area contributed by atoms with Crippen LogP contribution in [0.15, 0.2) is 4.99 Å². The molecule has 0 bridgehead atoms. The minimum absolute atomic E-state index is 0.712. The molecule has 1 aromatic rings. The number of nitrogens with zero attached hydrogens (tertiary/aromatic N) is 4.